The van der Waals surface area contributed by atoms with Gasteiger partial charge in [0.1, 0.15) is 5.60 Å². The molecule has 0 aromatic heterocycles. The molecule has 0 heterocycles. The maximum absolute atomic E-state index is 12.6. The van der Waals surface area contributed by atoms with Crippen molar-refractivity contribution in [1.82, 2.24) is 0 Å². The molecule has 0 spiro atoms. The molecule has 1 N–H and O–H groups in total. The van der Waals surface area contributed by atoms with Crippen molar-refractivity contribution in [2.45, 2.75) is 72.5 Å². The van der Waals surface area contributed by atoms with Gasteiger partial charge in [-0.25, -0.2) is 4.79 Å². The minimum absolute atomic E-state index is 0.0953. The summed E-state index contributed by atoms with van der Waals surface area (Å²) in [5, 5.41) is 11.0. The zero-order valence-corrected chi connectivity index (χ0v) is 19.8. The number of halogens is 1. The van der Waals surface area contributed by atoms with Crippen molar-refractivity contribution >= 4 is 23.4 Å². The first-order valence-electron chi connectivity index (χ1n) is 10.3. The fourth-order valence-corrected chi connectivity index (χ4v) is 3.28. The Balaban J connectivity index is 3.38. The van der Waals surface area contributed by atoms with Gasteiger partial charge in [0.25, 0.3) is 0 Å². The molecular formula is C25H35ClO4. The zero-order valence-electron chi connectivity index (χ0n) is 19.0. The molecule has 0 bridgehead atoms. The Morgan fingerprint density at radius 2 is 1.90 bits per heavy atom. The molecule has 0 amide bonds. The summed E-state index contributed by atoms with van der Waals surface area (Å²) >= 11 is 6.00. The van der Waals surface area contributed by atoms with Crippen LogP contribution >= 0.6 is 11.6 Å². The minimum atomic E-state index is -1.56. The summed E-state index contributed by atoms with van der Waals surface area (Å²) in [6.45, 7) is 11.3. The van der Waals surface area contributed by atoms with Crippen molar-refractivity contribution in [3.05, 3.63) is 59.3 Å². The van der Waals surface area contributed by atoms with Crippen LogP contribution in [-0.4, -0.2) is 34.4 Å². The van der Waals surface area contributed by atoms with Gasteiger partial charge in [-0.05, 0) is 77.5 Å². The number of hydrogen-bond donors (Lipinski definition) is 1. The summed E-state index contributed by atoms with van der Waals surface area (Å²) < 4.78 is 5.54. The van der Waals surface area contributed by atoms with Crippen LogP contribution in [0, 0.1) is 5.41 Å². The molecule has 0 unspecified atom stereocenters. The molecule has 5 heteroatoms. The number of aliphatic hydroxyl groups is 1. The third-order valence-electron chi connectivity index (χ3n) is 5.01. The monoisotopic (exact) mass is 434 g/mol. The fraction of sp³-hybridized carbons (Fsp3) is 0.520. The lowest BCUT2D eigenvalue weighted by Crippen LogP contribution is -2.39. The van der Waals surface area contributed by atoms with Crippen molar-refractivity contribution < 1.29 is 19.4 Å². The molecule has 166 valence electrons. The highest BCUT2D eigenvalue weighted by Crippen LogP contribution is 2.33. The van der Waals surface area contributed by atoms with Gasteiger partial charge in [0.15, 0.2) is 11.9 Å². The second-order valence-corrected chi connectivity index (χ2v) is 9.17. The third kappa shape index (κ3) is 8.85. The van der Waals surface area contributed by atoms with Crippen molar-refractivity contribution in [3.8, 4) is 0 Å². The van der Waals surface area contributed by atoms with E-state index in [1.165, 1.54) is 30.7 Å². The second-order valence-electron chi connectivity index (χ2n) is 8.90. The highest BCUT2D eigenvalue weighted by Gasteiger charge is 2.32. The van der Waals surface area contributed by atoms with Crippen molar-refractivity contribution in [3.63, 3.8) is 0 Å². The van der Waals surface area contributed by atoms with Crippen LogP contribution in [0.4, 0.5) is 0 Å². The lowest BCUT2D eigenvalue weighted by Gasteiger charge is -2.29. The standard InChI is InChI=1S/C25H35ClO4/c1-18(2)8-7-12-24(5)13-9-20(17-26)21(27)10-15-25(6,29)22(11-14-24)30-23(28)16-19(3)4/h8-11,14-16,22,29H,7,12-13,17H2,1-6H3/b14-11+,15-10+,20-9-/t22-,24+,25-/m1/s1. The number of esters is 1. The molecule has 0 saturated heterocycles. The molecule has 1 rings (SSSR count). The number of ketones is 1. The molecule has 3 atom stereocenters. The number of rotatable bonds is 6. The maximum Gasteiger partial charge on any atom is 0.331 e. The molecule has 0 aromatic rings. The highest BCUT2D eigenvalue weighted by atomic mass is 35.5. The molecule has 0 fully saturated rings. The van der Waals surface area contributed by atoms with Gasteiger partial charge in [-0.15, -0.1) is 11.6 Å². The number of ether oxygens (including phenoxy) is 1. The number of alkyl halides is 1. The smallest absolute Gasteiger partial charge is 0.331 e. The first-order valence-corrected chi connectivity index (χ1v) is 10.8. The Bertz CT molecular complexity index is 775. The van der Waals surface area contributed by atoms with Gasteiger partial charge >= 0.3 is 5.97 Å². The molecule has 1 aliphatic rings. The quantitative estimate of drug-likeness (QED) is 0.255. The van der Waals surface area contributed by atoms with Crippen LogP contribution in [0.5, 0.6) is 0 Å². The maximum atomic E-state index is 12.6. The predicted octanol–water partition coefficient (Wildman–Crippen LogP) is 5.62. The summed E-state index contributed by atoms with van der Waals surface area (Å²) in [5.41, 5.74) is 0.677. The molecule has 0 saturated carbocycles. The first kappa shape index (κ1) is 26.1. The summed E-state index contributed by atoms with van der Waals surface area (Å²) in [4.78, 5) is 24.8. The molecule has 4 nitrogen and oxygen atoms in total. The topological polar surface area (TPSA) is 63.6 Å². The molecule has 1 aliphatic carbocycles. The lowest BCUT2D eigenvalue weighted by molar-refractivity contribution is -0.148. The molecule has 0 aromatic carbocycles. The molecular weight excluding hydrogens is 400 g/mol. The van der Waals surface area contributed by atoms with E-state index in [0.717, 1.165) is 18.4 Å². The van der Waals surface area contributed by atoms with Crippen molar-refractivity contribution in [2.24, 2.45) is 5.41 Å². The van der Waals surface area contributed by atoms with Crippen LogP contribution in [0.2, 0.25) is 0 Å². The Labute approximate surface area is 186 Å². The Morgan fingerprint density at radius 1 is 1.23 bits per heavy atom. The molecule has 0 radical (unpaired) electrons. The van der Waals surface area contributed by atoms with E-state index in [0.29, 0.717) is 12.0 Å². The van der Waals surface area contributed by atoms with Gasteiger partial charge in [0.05, 0.1) is 5.88 Å². The third-order valence-corrected chi connectivity index (χ3v) is 5.30. The number of carbonyl (C=O) groups is 2. The van der Waals surface area contributed by atoms with Crippen LogP contribution in [0.3, 0.4) is 0 Å². The SMILES string of the molecule is CC(C)=CCC[C@]1(C)/C=C/[C@@H](OC(=O)C=C(C)C)[C@](C)(O)/C=C/C(=O)/C(CCl)=C\C1. The van der Waals surface area contributed by atoms with E-state index in [2.05, 4.69) is 26.8 Å². The Hall–Kier alpha value is -1.91. The average molecular weight is 435 g/mol. The summed E-state index contributed by atoms with van der Waals surface area (Å²) in [5.74, 6) is -0.698. The second kappa shape index (κ2) is 11.5. The lowest BCUT2D eigenvalue weighted by atomic mass is 9.80. The van der Waals surface area contributed by atoms with Gasteiger partial charge in [0.2, 0.25) is 0 Å². The Morgan fingerprint density at radius 3 is 2.47 bits per heavy atom. The van der Waals surface area contributed by atoms with E-state index >= 15 is 0 Å². The normalized spacial score (nSPS) is 30.9. The van der Waals surface area contributed by atoms with E-state index in [1.807, 2.05) is 12.2 Å². The summed E-state index contributed by atoms with van der Waals surface area (Å²) in [6, 6.07) is 0. The average Bonchev–Trinajstić information content (AvgIpc) is 2.63. The predicted molar refractivity (Wildman–Crippen MR) is 123 cm³/mol. The molecule has 0 aliphatic heterocycles. The van der Waals surface area contributed by atoms with Crippen LogP contribution in [0.15, 0.2) is 59.3 Å². The number of hydrogen-bond acceptors (Lipinski definition) is 4. The Kier molecular flexibility index (Phi) is 9.99. The van der Waals surface area contributed by atoms with E-state index in [9.17, 15) is 14.7 Å². The molecule has 30 heavy (non-hydrogen) atoms. The van der Waals surface area contributed by atoms with Crippen molar-refractivity contribution in [2.75, 3.05) is 5.88 Å². The van der Waals surface area contributed by atoms with Gasteiger partial charge < -0.3 is 9.84 Å². The minimum Gasteiger partial charge on any atom is -0.452 e. The summed E-state index contributed by atoms with van der Waals surface area (Å²) in [6.07, 6.45) is 13.2. The van der Waals surface area contributed by atoms with Gasteiger partial charge in [-0.1, -0.05) is 36.3 Å². The first-order chi connectivity index (χ1) is 13.9. The van der Waals surface area contributed by atoms with Gasteiger partial charge in [0, 0.05) is 11.6 Å². The van der Waals surface area contributed by atoms with Crippen LogP contribution in [0.1, 0.15) is 60.8 Å². The highest BCUT2D eigenvalue weighted by molar-refractivity contribution is 6.24. The van der Waals surface area contributed by atoms with Gasteiger partial charge in [-0.3, -0.25) is 4.79 Å². The van der Waals surface area contributed by atoms with E-state index in [4.69, 9.17) is 16.3 Å². The summed E-state index contributed by atoms with van der Waals surface area (Å²) in [7, 11) is 0. The van der Waals surface area contributed by atoms with Crippen LogP contribution in [0.25, 0.3) is 0 Å². The van der Waals surface area contributed by atoms with Crippen molar-refractivity contribution in [1.29, 1.82) is 0 Å². The largest absolute Gasteiger partial charge is 0.452 e. The van der Waals surface area contributed by atoms with E-state index in [1.54, 1.807) is 19.9 Å². The number of carbonyl (C=O) groups excluding carboxylic acids is 2. The number of allylic oxidation sites excluding steroid dienone is 7. The zero-order chi connectivity index (χ0) is 22.9. The van der Waals surface area contributed by atoms with E-state index in [-0.39, 0.29) is 17.1 Å². The van der Waals surface area contributed by atoms with Crippen LogP contribution < -0.4 is 0 Å². The fourth-order valence-electron chi connectivity index (χ4n) is 3.04. The van der Waals surface area contributed by atoms with Crippen LogP contribution in [-0.2, 0) is 14.3 Å². The van der Waals surface area contributed by atoms with Gasteiger partial charge in [-0.2, -0.15) is 0 Å². The van der Waals surface area contributed by atoms with E-state index < -0.39 is 17.7 Å².